The lowest BCUT2D eigenvalue weighted by Crippen LogP contribution is -2.35. The van der Waals surface area contributed by atoms with E-state index in [2.05, 4.69) is 26.2 Å². The molecule has 0 spiro atoms. The van der Waals surface area contributed by atoms with Crippen molar-refractivity contribution in [1.29, 1.82) is 0 Å². The van der Waals surface area contributed by atoms with Gasteiger partial charge in [-0.05, 0) is 40.0 Å². The lowest BCUT2D eigenvalue weighted by atomic mass is 9.98. The Morgan fingerprint density at radius 2 is 2.19 bits per heavy atom. The molecule has 0 unspecified atom stereocenters. The van der Waals surface area contributed by atoms with E-state index >= 15 is 0 Å². The number of fused-ring (bicyclic) bond motifs is 1. The average molecular weight is 422 g/mol. The second kappa shape index (κ2) is 7.49. The van der Waals surface area contributed by atoms with Gasteiger partial charge in [0.25, 0.3) is 5.91 Å². The number of carbonyl (C=O) groups is 2. The Balaban J connectivity index is 1.99. The molecule has 1 fully saturated rings. The fourth-order valence-corrected chi connectivity index (χ4v) is 3.80. The minimum atomic E-state index is -0.653. The molecule has 26 heavy (non-hydrogen) atoms. The quantitative estimate of drug-likeness (QED) is 0.744. The smallest absolute Gasteiger partial charge is 0.268 e. The maximum absolute atomic E-state index is 11.7. The standard InChI is InChI=1S/C18H20BrN3O4/c1-3-9-6-14(23)21-13(9)8-26-18-12-7-10(25-2)4-5-11(12)15(19)16(22-18)17(20)24/h4-5,7,9,13H,3,6,8H2,1-2H3,(H2,20,24)(H,21,23)/t9-,13-/m1/s1. The van der Waals surface area contributed by atoms with Crippen molar-refractivity contribution in [3.8, 4) is 11.6 Å². The molecular weight excluding hydrogens is 402 g/mol. The lowest BCUT2D eigenvalue weighted by molar-refractivity contribution is -0.119. The van der Waals surface area contributed by atoms with Crippen LogP contribution in [0.3, 0.4) is 0 Å². The maximum Gasteiger partial charge on any atom is 0.268 e. The molecule has 2 amide bonds. The van der Waals surface area contributed by atoms with Gasteiger partial charge in [0, 0.05) is 17.2 Å². The lowest BCUT2D eigenvalue weighted by Gasteiger charge is -2.19. The van der Waals surface area contributed by atoms with Crippen molar-refractivity contribution in [3.63, 3.8) is 0 Å². The van der Waals surface area contributed by atoms with Crippen molar-refractivity contribution < 1.29 is 19.1 Å². The number of rotatable bonds is 6. The Hall–Kier alpha value is -2.35. The van der Waals surface area contributed by atoms with Crippen molar-refractivity contribution in [3.05, 3.63) is 28.4 Å². The summed E-state index contributed by atoms with van der Waals surface area (Å²) in [5, 5.41) is 4.36. The van der Waals surface area contributed by atoms with Crippen molar-refractivity contribution in [1.82, 2.24) is 10.3 Å². The summed E-state index contributed by atoms with van der Waals surface area (Å²) in [7, 11) is 1.57. The van der Waals surface area contributed by atoms with E-state index in [4.69, 9.17) is 15.2 Å². The van der Waals surface area contributed by atoms with Gasteiger partial charge in [-0.2, -0.15) is 0 Å². The number of ether oxygens (including phenoxy) is 2. The molecule has 0 bridgehead atoms. The number of carbonyl (C=O) groups excluding carboxylic acids is 2. The fourth-order valence-electron chi connectivity index (χ4n) is 3.17. The van der Waals surface area contributed by atoms with Crippen LogP contribution in [0, 0.1) is 5.92 Å². The molecule has 2 atom stereocenters. The third kappa shape index (κ3) is 3.46. The number of hydrogen-bond donors (Lipinski definition) is 2. The van der Waals surface area contributed by atoms with Gasteiger partial charge < -0.3 is 20.5 Å². The number of nitrogens with zero attached hydrogens (tertiary/aromatic N) is 1. The Labute approximate surface area is 159 Å². The molecule has 1 aliphatic heterocycles. The van der Waals surface area contributed by atoms with Crippen molar-refractivity contribution >= 4 is 38.5 Å². The number of aromatic nitrogens is 1. The molecule has 2 aromatic rings. The molecule has 0 saturated carbocycles. The van der Waals surface area contributed by atoms with E-state index in [1.807, 2.05) is 13.0 Å². The molecule has 1 saturated heterocycles. The highest BCUT2D eigenvalue weighted by Gasteiger charge is 2.31. The topological polar surface area (TPSA) is 104 Å². The highest BCUT2D eigenvalue weighted by Crippen LogP contribution is 2.35. The monoisotopic (exact) mass is 421 g/mol. The molecule has 1 aliphatic rings. The van der Waals surface area contributed by atoms with Crippen LogP contribution in [0.15, 0.2) is 22.7 Å². The summed E-state index contributed by atoms with van der Waals surface area (Å²) in [6, 6.07) is 5.30. The predicted molar refractivity (Wildman–Crippen MR) is 100 cm³/mol. The summed E-state index contributed by atoms with van der Waals surface area (Å²) in [4.78, 5) is 27.7. The van der Waals surface area contributed by atoms with Gasteiger partial charge in [0.1, 0.15) is 18.1 Å². The van der Waals surface area contributed by atoms with E-state index < -0.39 is 5.91 Å². The second-order valence-electron chi connectivity index (χ2n) is 6.21. The average Bonchev–Trinajstić information content (AvgIpc) is 3.00. The first-order valence-electron chi connectivity index (χ1n) is 8.33. The van der Waals surface area contributed by atoms with E-state index in [0.29, 0.717) is 22.0 Å². The molecule has 8 heteroatoms. The number of hydrogen-bond acceptors (Lipinski definition) is 5. The number of amides is 2. The van der Waals surface area contributed by atoms with E-state index in [0.717, 1.165) is 11.8 Å². The normalized spacial score (nSPS) is 19.4. The van der Waals surface area contributed by atoms with Crippen LogP contribution in [0.2, 0.25) is 0 Å². The highest BCUT2D eigenvalue weighted by molar-refractivity contribution is 9.10. The van der Waals surface area contributed by atoms with Gasteiger partial charge in [0.15, 0.2) is 0 Å². The van der Waals surface area contributed by atoms with Crippen LogP contribution in [-0.2, 0) is 4.79 Å². The summed E-state index contributed by atoms with van der Waals surface area (Å²) < 4.78 is 11.7. The molecule has 0 radical (unpaired) electrons. The minimum absolute atomic E-state index is 0.0265. The van der Waals surface area contributed by atoms with Crippen LogP contribution < -0.4 is 20.5 Å². The first kappa shape index (κ1) is 18.4. The van der Waals surface area contributed by atoms with E-state index in [1.54, 1.807) is 19.2 Å². The summed E-state index contributed by atoms with van der Waals surface area (Å²) in [6.45, 7) is 2.31. The van der Waals surface area contributed by atoms with Crippen LogP contribution in [0.25, 0.3) is 10.8 Å². The number of benzene rings is 1. The molecule has 1 aromatic carbocycles. The molecule has 0 aliphatic carbocycles. The zero-order valence-corrected chi connectivity index (χ0v) is 16.1. The SMILES string of the molecule is CC[C@@H]1CC(=O)N[C@@H]1COc1nc(C(N)=O)c(Br)c2ccc(OC)cc12. The molecule has 7 nitrogen and oxygen atoms in total. The number of nitrogens with one attached hydrogen (secondary N) is 1. The van der Waals surface area contributed by atoms with Gasteiger partial charge in [0.05, 0.1) is 17.6 Å². The van der Waals surface area contributed by atoms with E-state index in [-0.39, 0.29) is 36.0 Å². The zero-order chi connectivity index (χ0) is 18.8. The molecule has 138 valence electrons. The Kier molecular flexibility index (Phi) is 5.31. The number of pyridine rings is 1. The van der Waals surface area contributed by atoms with E-state index in [9.17, 15) is 9.59 Å². The Morgan fingerprint density at radius 3 is 2.85 bits per heavy atom. The van der Waals surface area contributed by atoms with Crippen LogP contribution in [0.5, 0.6) is 11.6 Å². The Morgan fingerprint density at radius 1 is 1.42 bits per heavy atom. The number of methoxy groups -OCH3 is 1. The number of halogens is 1. The first-order valence-corrected chi connectivity index (χ1v) is 9.13. The molecule has 3 rings (SSSR count). The highest BCUT2D eigenvalue weighted by atomic mass is 79.9. The van der Waals surface area contributed by atoms with Crippen molar-refractivity contribution in [2.45, 2.75) is 25.8 Å². The fraction of sp³-hybridized carbons (Fsp3) is 0.389. The summed E-state index contributed by atoms with van der Waals surface area (Å²) >= 11 is 3.39. The van der Waals surface area contributed by atoms with Crippen LogP contribution in [0.1, 0.15) is 30.3 Å². The van der Waals surface area contributed by atoms with Crippen LogP contribution in [0.4, 0.5) is 0 Å². The largest absolute Gasteiger partial charge is 0.497 e. The Bertz CT molecular complexity index is 871. The predicted octanol–water partition coefficient (Wildman–Crippen LogP) is 2.40. The van der Waals surface area contributed by atoms with Crippen molar-refractivity contribution in [2.75, 3.05) is 13.7 Å². The minimum Gasteiger partial charge on any atom is -0.497 e. The number of primary amides is 1. The van der Waals surface area contributed by atoms with Gasteiger partial charge >= 0.3 is 0 Å². The van der Waals surface area contributed by atoms with Crippen LogP contribution >= 0.6 is 15.9 Å². The van der Waals surface area contributed by atoms with Gasteiger partial charge in [-0.25, -0.2) is 4.98 Å². The van der Waals surface area contributed by atoms with Crippen molar-refractivity contribution in [2.24, 2.45) is 11.7 Å². The third-order valence-electron chi connectivity index (χ3n) is 4.64. The zero-order valence-electron chi connectivity index (χ0n) is 14.5. The van der Waals surface area contributed by atoms with Gasteiger partial charge in [-0.15, -0.1) is 0 Å². The molecular formula is C18H20BrN3O4. The summed E-state index contributed by atoms with van der Waals surface area (Å²) in [6.07, 6.45) is 1.38. The third-order valence-corrected chi connectivity index (χ3v) is 5.44. The van der Waals surface area contributed by atoms with Crippen LogP contribution in [-0.4, -0.2) is 36.6 Å². The summed E-state index contributed by atoms with van der Waals surface area (Å²) in [5.41, 5.74) is 5.54. The van der Waals surface area contributed by atoms with Gasteiger partial charge in [0.2, 0.25) is 11.8 Å². The summed E-state index contributed by atoms with van der Waals surface area (Å²) in [5.74, 6) is 0.517. The second-order valence-corrected chi connectivity index (χ2v) is 7.01. The number of nitrogens with two attached hydrogens (primary N) is 1. The molecule has 1 aromatic heterocycles. The first-order chi connectivity index (χ1) is 12.4. The van der Waals surface area contributed by atoms with E-state index in [1.165, 1.54) is 0 Å². The maximum atomic E-state index is 11.7. The molecule has 3 N–H and O–H groups in total. The van der Waals surface area contributed by atoms with Gasteiger partial charge in [-0.1, -0.05) is 13.3 Å². The van der Waals surface area contributed by atoms with Gasteiger partial charge in [-0.3, -0.25) is 9.59 Å². The molecule has 2 heterocycles.